The molecule has 154 valence electrons. The van der Waals surface area contributed by atoms with Gasteiger partial charge in [-0.1, -0.05) is 19.9 Å². The van der Waals surface area contributed by atoms with Crippen molar-refractivity contribution in [1.82, 2.24) is 5.32 Å². The molecule has 0 heterocycles. The van der Waals surface area contributed by atoms with E-state index in [1.54, 1.807) is 13.8 Å². The molecule has 0 saturated carbocycles. The highest BCUT2D eigenvalue weighted by Gasteiger charge is 2.26. The fourth-order valence-electron chi connectivity index (χ4n) is 2.79. The zero-order valence-electron chi connectivity index (χ0n) is 16.9. The van der Waals surface area contributed by atoms with Crippen molar-refractivity contribution in [3.63, 3.8) is 0 Å². The minimum atomic E-state index is -0.943. The summed E-state index contributed by atoms with van der Waals surface area (Å²) < 4.78 is 18.1. The molecule has 2 amide bonds. The molecule has 0 fully saturated rings. The molecule has 0 aromatic heterocycles. The van der Waals surface area contributed by atoms with E-state index in [1.165, 1.54) is 12.1 Å². The first-order valence-corrected chi connectivity index (χ1v) is 9.27. The number of carbonyl (C=O) groups is 3. The Bertz CT molecular complexity index is 874. The number of nitrogens with one attached hydrogen (secondary N) is 2. The molecular formula is C22H25FN2O4. The first-order chi connectivity index (χ1) is 13.7. The molecule has 0 aliphatic heterocycles. The van der Waals surface area contributed by atoms with Gasteiger partial charge in [-0.3, -0.25) is 9.59 Å². The van der Waals surface area contributed by atoms with Gasteiger partial charge in [0, 0.05) is 11.3 Å². The third-order valence-electron chi connectivity index (χ3n) is 4.16. The Morgan fingerprint density at radius 1 is 1.00 bits per heavy atom. The van der Waals surface area contributed by atoms with Crippen LogP contribution in [0.4, 0.5) is 10.1 Å². The van der Waals surface area contributed by atoms with Gasteiger partial charge in [-0.2, -0.15) is 0 Å². The molecule has 0 radical (unpaired) electrons. The lowest BCUT2D eigenvalue weighted by Gasteiger charge is -2.20. The number of anilines is 1. The zero-order valence-corrected chi connectivity index (χ0v) is 16.9. The van der Waals surface area contributed by atoms with E-state index in [2.05, 4.69) is 10.6 Å². The van der Waals surface area contributed by atoms with Crippen molar-refractivity contribution in [2.75, 3.05) is 11.9 Å². The maximum atomic E-state index is 13.0. The molecular weight excluding hydrogens is 375 g/mol. The zero-order chi connectivity index (χ0) is 21.6. The lowest BCUT2D eigenvalue weighted by Crippen LogP contribution is -2.45. The van der Waals surface area contributed by atoms with Gasteiger partial charge in [-0.15, -0.1) is 0 Å². The summed E-state index contributed by atoms with van der Waals surface area (Å²) in [6, 6.07) is 9.63. The Hall–Kier alpha value is -3.22. The van der Waals surface area contributed by atoms with E-state index in [9.17, 15) is 18.8 Å². The summed E-state index contributed by atoms with van der Waals surface area (Å²) in [5.41, 5.74) is 2.84. The van der Waals surface area contributed by atoms with Crippen LogP contribution in [0.2, 0.25) is 0 Å². The molecule has 1 atom stereocenters. The first-order valence-electron chi connectivity index (χ1n) is 9.27. The number of aryl methyl sites for hydroxylation is 2. The quantitative estimate of drug-likeness (QED) is 0.698. The molecule has 2 N–H and O–H groups in total. The van der Waals surface area contributed by atoms with Gasteiger partial charge in [-0.05, 0) is 67.3 Å². The molecule has 2 aromatic rings. The number of halogens is 1. The summed E-state index contributed by atoms with van der Waals surface area (Å²) in [7, 11) is 0. The van der Waals surface area contributed by atoms with Gasteiger partial charge in [0.15, 0.2) is 6.61 Å². The van der Waals surface area contributed by atoms with E-state index in [-0.39, 0.29) is 11.5 Å². The number of hydrogen-bond acceptors (Lipinski definition) is 4. The SMILES string of the molecule is Cc1cc(C)cc(NC(=O)COC(=O)[C@@H](NC(=O)c2ccc(F)cc2)C(C)C)c1. The van der Waals surface area contributed by atoms with Crippen molar-refractivity contribution < 1.29 is 23.5 Å². The molecule has 0 aliphatic rings. The number of ether oxygens (including phenoxy) is 1. The van der Waals surface area contributed by atoms with E-state index in [1.807, 2.05) is 32.0 Å². The molecule has 0 saturated heterocycles. The number of amides is 2. The Labute approximate surface area is 169 Å². The summed E-state index contributed by atoms with van der Waals surface area (Å²) in [6.07, 6.45) is 0. The third kappa shape index (κ3) is 6.71. The monoisotopic (exact) mass is 400 g/mol. The number of rotatable bonds is 7. The van der Waals surface area contributed by atoms with Gasteiger partial charge < -0.3 is 15.4 Å². The van der Waals surface area contributed by atoms with Gasteiger partial charge in [0.2, 0.25) is 0 Å². The summed E-state index contributed by atoms with van der Waals surface area (Å²) >= 11 is 0. The second kappa shape index (κ2) is 9.82. The lowest BCUT2D eigenvalue weighted by atomic mass is 10.0. The predicted octanol–water partition coefficient (Wildman–Crippen LogP) is 3.38. The highest BCUT2D eigenvalue weighted by atomic mass is 19.1. The molecule has 0 aliphatic carbocycles. The van der Waals surface area contributed by atoms with Crippen LogP contribution in [0.3, 0.4) is 0 Å². The van der Waals surface area contributed by atoms with Crippen molar-refractivity contribution in [3.05, 3.63) is 65.0 Å². The Morgan fingerprint density at radius 2 is 1.59 bits per heavy atom. The molecule has 0 bridgehead atoms. The van der Waals surface area contributed by atoms with Crippen molar-refractivity contribution >= 4 is 23.5 Å². The minimum absolute atomic E-state index is 0.220. The maximum Gasteiger partial charge on any atom is 0.329 e. The smallest absolute Gasteiger partial charge is 0.329 e. The van der Waals surface area contributed by atoms with Crippen molar-refractivity contribution in [2.45, 2.75) is 33.7 Å². The van der Waals surface area contributed by atoms with E-state index in [0.717, 1.165) is 23.3 Å². The largest absolute Gasteiger partial charge is 0.454 e. The summed E-state index contributed by atoms with van der Waals surface area (Å²) in [5.74, 6) is -2.45. The first kappa shape index (κ1) is 22.1. The van der Waals surface area contributed by atoms with Crippen LogP contribution < -0.4 is 10.6 Å². The normalized spacial score (nSPS) is 11.7. The fourth-order valence-corrected chi connectivity index (χ4v) is 2.79. The molecule has 29 heavy (non-hydrogen) atoms. The predicted molar refractivity (Wildman–Crippen MR) is 108 cm³/mol. The summed E-state index contributed by atoms with van der Waals surface area (Å²) in [6.45, 7) is 6.85. The second-order valence-corrected chi connectivity index (χ2v) is 7.23. The summed E-state index contributed by atoms with van der Waals surface area (Å²) in [4.78, 5) is 36.8. The topological polar surface area (TPSA) is 84.5 Å². The Kier molecular flexibility index (Phi) is 7.47. The van der Waals surface area contributed by atoms with Gasteiger partial charge in [0.25, 0.3) is 11.8 Å². The lowest BCUT2D eigenvalue weighted by molar-refractivity contribution is -0.150. The summed E-state index contributed by atoms with van der Waals surface area (Å²) in [5, 5.41) is 5.25. The van der Waals surface area contributed by atoms with Crippen molar-refractivity contribution in [3.8, 4) is 0 Å². The van der Waals surface area contributed by atoms with Gasteiger partial charge >= 0.3 is 5.97 Å². The van der Waals surface area contributed by atoms with Crippen LogP contribution in [0.1, 0.15) is 35.3 Å². The van der Waals surface area contributed by atoms with Crippen LogP contribution in [-0.2, 0) is 14.3 Å². The molecule has 0 unspecified atom stereocenters. The van der Waals surface area contributed by atoms with Crippen molar-refractivity contribution in [1.29, 1.82) is 0 Å². The van der Waals surface area contributed by atoms with Gasteiger partial charge in [0.1, 0.15) is 11.9 Å². The highest BCUT2D eigenvalue weighted by Crippen LogP contribution is 2.14. The van der Waals surface area contributed by atoms with Gasteiger partial charge in [-0.25, -0.2) is 9.18 Å². The molecule has 6 nitrogen and oxygen atoms in total. The van der Waals surface area contributed by atoms with Gasteiger partial charge in [0.05, 0.1) is 0 Å². The second-order valence-electron chi connectivity index (χ2n) is 7.23. The van der Waals surface area contributed by atoms with Crippen LogP contribution in [-0.4, -0.2) is 30.4 Å². The molecule has 0 spiro atoms. The average Bonchev–Trinajstić information content (AvgIpc) is 2.63. The fraction of sp³-hybridized carbons (Fsp3) is 0.318. The Morgan fingerprint density at radius 3 is 2.14 bits per heavy atom. The minimum Gasteiger partial charge on any atom is -0.454 e. The number of hydrogen-bond donors (Lipinski definition) is 2. The average molecular weight is 400 g/mol. The number of esters is 1. The van der Waals surface area contributed by atoms with Crippen LogP contribution in [0.5, 0.6) is 0 Å². The van der Waals surface area contributed by atoms with Crippen molar-refractivity contribution in [2.24, 2.45) is 5.92 Å². The number of benzene rings is 2. The molecule has 7 heteroatoms. The van der Waals surface area contributed by atoms with Crippen LogP contribution >= 0.6 is 0 Å². The van der Waals surface area contributed by atoms with Crippen LogP contribution in [0.25, 0.3) is 0 Å². The molecule has 2 aromatic carbocycles. The third-order valence-corrected chi connectivity index (χ3v) is 4.16. The maximum absolute atomic E-state index is 13.0. The van der Waals surface area contributed by atoms with E-state index < -0.39 is 36.2 Å². The number of carbonyl (C=O) groups excluding carboxylic acids is 3. The van der Waals surface area contributed by atoms with E-state index in [0.29, 0.717) is 5.69 Å². The molecule has 2 rings (SSSR count). The standard InChI is InChI=1S/C22H25FN2O4/c1-13(2)20(25-21(27)16-5-7-17(23)8-6-16)22(28)29-12-19(26)24-18-10-14(3)9-15(4)11-18/h5-11,13,20H,12H2,1-4H3,(H,24,26)(H,25,27)/t20-/m0/s1. The highest BCUT2D eigenvalue weighted by molar-refractivity contribution is 5.97. The van der Waals surface area contributed by atoms with Crippen LogP contribution in [0.15, 0.2) is 42.5 Å². The van der Waals surface area contributed by atoms with E-state index >= 15 is 0 Å². The van der Waals surface area contributed by atoms with Crippen LogP contribution in [0, 0.1) is 25.6 Å². The Balaban J connectivity index is 1.93. The van der Waals surface area contributed by atoms with E-state index in [4.69, 9.17) is 4.74 Å².